The highest BCUT2D eigenvalue weighted by atomic mass is 32.1. The fourth-order valence-electron chi connectivity index (χ4n) is 2.11. The van der Waals surface area contributed by atoms with E-state index in [0.717, 1.165) is 25.9 Å². The van der Waals surface area contributed by atoms with Crippen molar-refractivity contribution in [1.29, 1.82) is 0 Å². The zero-order valence-corrected chi connectivity index (χ0v) is 11.2. The van der Waals surface area contributed by atoms with Crippen molar-refractivity contribution in [3.8, 4) is 0 Å². The minimum atomic E-state index is -0.908. The summed E-state index contributed by atoms with van der Waals surface area (Å²) >= 11 is 4.04. The molecule has 6 heteroatoms. The van der Waals surface area contributed by atoms with Crippen molar-refractivity contribution in [1.82, 2.24) is 9.78 Å². The first-order valence-electron chi connectivity index (χ1n) is 6.35. The van der Waals surface area contributed by atoms with Crippen LogP contribution in [0.3, 0.4) is 0 Å². The molecular formula is C12H20N2O3S. The first-order valence-corrected chi connectivity index (χ1v) is 6.98. The number of rotatable bonds is 5. The van der Waals surface area contributed by atoms with Gasteiger partial charge in [-0.15, -0.1) is 0 Å². The van der Waals surface area contributed by atoms with Gasteiger partial charge in [0.25, 0.3) is 0 Å². The Morgan fingerprint density at radius 1 is 1.50 bits per heavy atom. The van der Waals surface area contributed by atoms with Crippen LogP contribution in [0.25, 0.3) is 0 Å². The van der Waals surface area contributed by atoms with Gasteiger partial charge in [0, 0.05) is 18.4 Å². The number of hydrogen-bond donors (Lipinski definition) is 3. The molecule has 2 N–H and O–H groups in total. The third-order valence-corrected chi connectivity index (χ3v) is 3.46. The largest absolute Gasteiger partial charge is 0.390 e. The van der Waals surface area contributed by atoms with Crippen LogP contribution in [0.2, 0.25) is 0 Å². The van der Waals surface area contributed by atoms with Crippen LogP contribution in [0.5, 0.6) is 0 Å². The van der Waals surface area contributed by atoms with Crippen molar-refractivity contribution in [3.63, 3.8) is 0 Å². The second-order valence-electron chi connectivity index (χ2n) is 4.60. The Labute approximate surface area is 112 Å². The van der Waals surface area contributed by atoms with Crippen LogP contribution >= 0.6 is 12.6 Å². The first kappa shape index (κ1) is 13.9. The molecule has 0 spiro atoms. The van der Waals surface area contributed by atoms with E-state index in [1.165, 1.54) is 0 Å². The molecule has 1 fully saturated rings. The maximum absolute atomic E-state index is 9.95. The summed E-state index contributed by atoms with van der Waals surface area (Å²) in [6.07, 6.45) is 5.21. The lowest BCUT2D eigenvalue weighted by Gasteiger charge is -2.22. The quantitative estimate of drug-likeness (QED) is 0.707. The monoisotopic (exact) mass is 272 g/mol. The second-order valence-corrected chi connectivity index (χ2v) is 5.05. The van der Waals surface area contributed by atoms with Gasteiger partial charge in [-0.3, -0.25) is 0 Å². The Morgan fingerprint density at radius 3 is 3.00 bits per heavy atom. The van der Waals surface area contributed by atoms with E-state index in [9.17, 15) is 10.2 Å². The van der Waals surface area contributed by atoms with Gasteiger partial charge in [0.15, 0.2) is 0 Å². The van der Waals surface area contributed by atoms with Crippen LogP contribution in [-0.2, 0) is 4.74 Å². The summed E-state index contributed by atoms with van der Waals surface area (Å²) in [7, 11) is 0. The lowest BCUT2D eigenvalue weighted by molar-refractivity contribution is -0.0398. The molecule has 1 aromatic rings. The van der Waals surface area contributed by atoms with E-state index >= 15 is 0 Å². The highest BCUT2D eigenvalue weighted by molar-refractivity contribution is 7.80. The minimum Gasteiger partial charge on any atom is -0.390 e. The smallest absolute Gasteiger partial charge is 0.150 e. The molecule has 1 saturated heterocycles. The van der Waals surface area contributed by atoms with E-state index < -0.39 is 12.2 Å². The second kappa shape index (κ2) is 6.56. The van der Waals surface area contributed by atoms with Crippen LogP contribution < -0.4 is 0 Å². The van der Waals surface area contributed by atoms with E-state index in [4.69, 9.17) is 4.74 Å². The van der Waals surface area contributed by atoms with Gasteiger partial charge in [-0.1, -0.05) is 0 Å². The van der Waals surface area contributed by atoms with Gasteiger partial charge >= 0.3 is 0 Å². The fourth-order valence-corrected chi connectivity index (χ4v) is 2.37. The van der Waals surface area contributed by atoms with E-state index in [-0.39, 0.29) is 6.23 Å². The van der Waals surface area contributed by atoms with E-state index in [2.05, 4.69) is 17.7 Å². The van der Waals surface area contributed by atoms with Gasteiger partial charge < -0.3 is 14.9 Å². The molecule has 0 aromatic carbocycles. The molecular weight excluding hydrogens is 252 g/mol. The lowest BCUT2D eigenvalue weighted by atomic mass is 10.1. The highest BCUT2D eigenvalue weighted by Crippen LogP contribution is 2.24. The number of aliphatic hydroxyl groups excluding tert-OH is 2. The molecule has 0 bridgehead atoms. The molecule has 2 heterocycles. The van der Waals surface area contributed by atoms with Crippen molar-refractivity contribution in [3.05, 3.63) is 18.0 Å². The number of ether oxygens (including phenoxy) is 1. The van der Waals surface area contributed by atoms with Gasteiger partial charge in [-0.25, -0.2) is 4.68 Å². The van der Waals surface area contributed by atoms with Crippen molar-refractivity contribution in [2.45, 2.75) is 44.1 Å². The summed E-state index contributed by atoms with van der Waals surface area (Å²) < 4.78 is 7.34. The molecule has 2 rings (SSSR count). The van der Waals surface area contributed by atoms with Crippen molar-refractivity contribution in [2.75, 3.05) is 12.4 Å². The summed E-state index contributed by atoms with van der Waals surface area (Å²) in [5.41, 5.74) is 0.624. The molecule has 0 aliphatic carbocycles. The van der Waals surface area contributed by atoms with E-state index in [1.807, 2.05) is 0 Å². The number of hydrogen-bond acceptors (Lipinski definition) is 5. The normalized spacial score (nSPS) is 23.8. The van der Waals surface area contributed by atoms with Gasteiger partial charge in [0.05, 0.1) is 12.3 Å². The van der Waals surface area contributed by atoms with Crippen LogP contribution in [-0.4, -0.2) is 38.5 Å². The Kier molecular flexibility index (Phi) is 5.05. The summed E-state index contributed by atoms with van der Waals surface area (Å²) in [5.74, 6) is 0.540. The zero-order valence-electron chi connectivity index (χ0n) is 10.3. The summed E-state index contributed by atoms with van der Waals surface area (Å²) in [6.45, 7) is 0.755. The molecule has 18 heavy (non-hydrogen) atoms. The molecule has 0 radical (unpaired) electrons. The molecule has 3 atom stereocenters. The minimum absolute atomic E-state index is 0.0401. The van der Waals surface area contributed by atoms with Crippen LogP contribution in [0.15, 0.2) is 12.4 Å². The fraction of sp³-hybridized carbons (Fsp3) is 0.750. The predicted octanol–water partition coefficient (Wildman–Crippen LogP) is 1.30. The summed E-state index contributed by atoms with van der Waals surface area (Å²) in [4.78, 5) is 0. The van der Waals surface area contributed by atoms with Crippen molar-refractivity contribution >= 4 is 12.6 Å². The van der Waals surface area contributed by atoms with E-state index in [1.54, 1.807) is 17.1 Å². The Morgan fingerprint density at radius 2 is 2.33 bits per heavy atom. The molecule has 1 aliphatic heterocycles. The average molecular weight is 272 g/mol. The standard InChI is InChI=1S/C12H20N2O3S/c15-10(4-6-18)12(16)9-7-13-14(8-9)11-3-1-2-5-17-11/h7-8,10-12,15-16,18H,1-6H2/t10?,11-,12?/m0/s1. The maximum atomic E-state index is 9.95. The first-order chi connectivity index (χ1) is 8.72. The molecule has 1 aliphatic rings. The van der Waals surface area contributed by atoms with Crippen LogP contribution in [0.4, 0.5) is 0 Å². The topological polar surface area (TPSA) is 67.5 Å². The number of aromatic nitrogens is 2. The number of thiol groups is 1. The van der Waals surface area contributed by atoms with E-state index in [0.29, 0.717) is 17.7 Å². The maximum Gasteiger partial charge on any atom is 0.150 e. The highest BCUT2D eigenvalue weighted by Gasteiger charge is 2.22. The van der Waals surface area contributed by atoms with Crippen molar-refractivity contribution < 1.29 is 14.9 Å². The summed E-state index contributed by atoms with van der Waals surface area (Å²) in [5, 5.41) is 23.9. The van der Waals surface area contributed by atoms with Gasteiger partial charge in [0.1, 0.15) is 12.3 Å². The number of nitrogens with zero attached hydrogens (tertiary/aromatic N) is 2. The Bertz CT molecular complexity index is 366. The molecule has 0 saturated carbocycles. The van der Waals surface area contributed by atoms with Gasteiger partial charge in [0.2, 0.25) is 0 Å². The average Bonchev–Trinajstić information content (AvgIpc) is 2.89. The molecule has 5 nitrogen and oxygen atoms in total. The van der Waals surface area contributed by atoms with Crippen LogP contribution in [0.1, 0.15) is 43.6 Å². The van der Waals surface area contributed by atoms with Gasteiger partial charge in [-0.2, -0.15) is 17.7 Å². The molecule has 2 unspecified atom stereocenters. The number of aliphatic hydroxyl groups is 2. The van der Waals surface area contributed by atoms with Gasteiger partial charge in [-0.05, 0) is 31.4 Å². The molecule has 102 valence electrons. The lowest BCUT2D eigenvalue weighted by Crippen LogP contribution is -2.19. The Balaban J connectivity index is 2.00. The molecule has 1 aromatic heterocycles. The third kappa shape index (κ3) is 3.26. The van der Waals surface area contributed by atoms with Crippen molar-refractivity contribution in [2.24, 2.45) is 0 Å². The SMILES string of the molecule is OC(CCS)C(O)c1cnn([C@@H]2CCCCO2)c1. The Hall–Kier alpha value is -0.560. The third-order valence-electron chi connectivity index (χ3n) is 3.20. The zero-order chi connectivity index (χ0) is 13.0. The van der Waals surface area contributed by atoms with Crippen LogP contribution in [0, 0.1) is 0 Å². The molecule has 0 amide bonds. The summed E-state index contributed by atoms with van der Waals surface area (Å²) in [6, 6.07) is 0. The predicted molar refractivity (Wildman–Crippen MR) is 70.5 cm³/mol.